The minimum absolute atomic E-state index is 0.0436. The molecule has 1 saturated carbocycles. The predicted molar refractivity (Wildman–Crippen MR) is 100 cm³/mol. The minimum atomic E-state index is -0.778. The summed E-state index contributed by atoms with van der Waals surface area (Å²) in [6, 6.07) is 8.01. The quantitative estimate of drug-likeness (QED) is 0.904. The molecule has 1 aromatic rings. The van der Waals surface area contributed by atoms with Gasteiger partial charge >= 0.3 is 5.97 Å². The molecule has 5 heteroatoms. The van der Waals surface area contributed by atoms with E-state index >= 15 is 0 Å². The van der Waals surface area contributed by atoms with E-state index < -0.39 is 12.0 Å². The lowest BCUT2D eigenvalue weighted by Crippen LogP contribution is -2.51. The lowest BCUT2D eigenvalue weighted by molar-refractivity contribution is -0.143. The fraction of sp³-hybridized carbons (Fsp3) is 0.619. The Hall–Kier alpha value is -1.88. The van der Waals surface area contributed by atoms with Crippen molar-refractivity contribution in [2.24, 2.45) is 5.92 Å². The Labute approximate surface area is 155 Å². The summed E-state index contributed by atoms with van der Waals surface area (Å²) < 4.78 is 0. The largest absolute Gasteiger partial charge is 0.480 e. The zero-order chi connectivity index (χ0) is 18.3. The number of aryl methyl sites for hydroxylation is 1. The summed E-state index contributed by atoms with van der Waals surface area (Å²) >= 11 is 0. The number of fused-ring (bicyclic) bond motifs is 2. The Bertz CT molecular complexity index is 704. The first-order valence-corrected chi connectivity index (χ1v) is 9.94. The van der Waals surface area contributed by atoms with Gasteiger partial charge in [-0.3, -0.25) is 14.5 Å². The number of carboxylic acid groups (broad SMARTS) is 1. The maximum Gasteiger partial charge on any atom is 0.320 e. The van der Waals surface area contributed by atoms with E-state index in [4.69, 9.17) is 0 Å². The van der Waals surface area contributed by atoms with Crippen LogP contribution in [0.5, 0.6) is 0 Å². The Balaban J connectivity index is 1.57. The van der Waals surface area contributed by atoms with Gasteiger partial charge in [0.2, 0.25) is 5.91 Å². The van der Waals surface area contributed by atoms with Gasteiger partial charge in [-0.1, -0.05) is 31.0 Å². The van der Waals surface area contributed by atoms with Crippen molar-refractivity contribution in [3.8, 4) is 0 Å². The molecule has 2 heterocycles. The number of carboxylic acids is 1. The van der Waals surface area contributed by atoms with E-state index in [2.05, 4.69) is 13.0 Å². The van der Waals surface area contributed by atoms with Crippen molar-refractivity contribution in [1.29, 1.82) is 0 Å². The normalized spacial score (nSPS) is 31.3. The van der Waals surface area contributed by atoms with Gasteiger partial charge in [-0.2, -0.15) is 0 Å². The molecule has 4 rings (SSSR count). The van der Waals surface area contributed by atoms with Crippen LogP contribution in [-0.2, 0) is 16.0 Å². The molecular weight excluding hydrogens is 328 g/mol. The summed E-state index contributed by atoms with van der Waals surface area (Å²) in [5, 5.41) is 9.70. The van der Waals surface area contributed by atoms with Crippen LogP contribution in [0.25, 0.3) is 0 Å². The fourth-order valence-electron chi connectivity index (χ4n) is 5.32. The zero-order valence-corrected chi connectivity index (χ0v) is 15.4. The Kier molecular flexibility index (Phi) is 4.74. The van der Waals surface area contributed by atoms with E-state index in [1.54, 1.807) is 0 Å². The molecule has 0 spiro atoms. The van der Waals surface area contributed by atoms with E-state index in [0.29, 0.717) is 12.3 Å². The number of para-hydroxylation sites is 1. The second-order valence-electron chi connectivity index (χ2n) is 8.15. The number of hydrogen-bond donors (Lipinski definition) is 1. The standard InChI is InChI=1S/C21H28N2O3/c1-14-10-11-15-6-2-5-9-18(15)23(14)20(24)13-22-17-8-4-3-7-16(17)12-19(22)21(25)26/h2,5-6,9,14,16-17,19H,3-4,7-8,10-13H2,1H3,(H,25,26). The molecule has 1 amide bonds. The molecule has 1 N–H and O–H groups in total. The highest BCUT2D eigenvalue weighted by molar-refractivity contribution is 5.97. The number of aliphatic carboxylic acids is 1. The van der Waals surface area contributed by atoms with Crippen molar-refractivity contribution in [1.82, 2.24) is 4.90 Å². The number of amides is 1. The maximum absolute atomic E-state index is 13.3. The van der Waals surface area contributed by atoms with Gasteiger partial charge in [0.25, 0.3) is 0 Å². The predicted octanol–water partition coefficient (Wildman–Crippen LogP) is 3.07. The molecule has 1 aromatic carbocycles. The van der Waals surface area contributed by atoms with Crippen LogP contribution in [0, 0.1) is 5.92 Å². The van der Waals surface area contributed by atoms with Crippen molar-refractivity contribution in [2.75, 3.05) is 11.4 Å². The van der Waals surface area contributed by atoms with Gasteiger partial charge in [0.1, 0.15) is 6.04 Å². The first kappa shape index (κ1) is 17.5. The molecule has 4 unspecified atom stereocenters. The van der Waals surface area contributed by atoms with Crippen molar-refractivity contribution >= 4 is 17.6 Å². The highest BCUT2D eigenvalue weighted by Crippen LogP contribution is 2.40. The first-order chi connectivity index (χ1) is 12.6. The van der Waals surface area contributed by atoms with Gasteiger partial charge in [0.15, 0.2) is 0 Å². The number of anilines is 1. The van der Waals surface area contributed by atoms with Crippen molar-refractivity contribution in [3.05, 3.63) is 29.8 Å². The Morgan fingerprint density at radius 1 is 1.15 bits per heavy atom. The molecule has 1 saturated heterocycles. The number of benzene rings is 1. The third-order valence-corrected chi connectivity index (χ3v) is 6.62. The van der Waals surface area contributed by atoms with Crippen LogP contribution in [0.4, 0.5) is 5.69 Å². The SMILES string of the molecule is CC1CCc2ccccc2N1C(=O)CN1C(C(=O)O)CC2CCCCC21. The molecule has 1 aliphatic carbocycles. The smallest absolute Gasteiger partial charge is 0.320 e. The molecular formula is C21H28N2O3. The summed E-state index contributed by atoms with van der Waals surface area (Å²) in [5.74, 6) is -0.301. The number of likely N-dealkylation sites (tertiary alicyclic amines) is 1. The van der Waals surface area contributed by atoms with Crippen molar-refractivity contribution in [2.45, 2.75) is 70.0 Å². The first-order valence-electron chi connectivity index (χ1n) is 9.94. The number of rotatable bonds is 3. The van der Waals surface area contributed by atoms with Crippen LogP contribution in [-0.4, -0.2) is 46.6 Å². The third kappa shape index (κ3) is 3.02. The molecule has 2 fully saturated rings. The molecule has 140 valence electrons. The summed E-state index contributed by atoms with van der Waals surface area (Å²) in [6.07, 6.45) is 7.09. The highest BCUT2D eigenvalue weighted by Gasteiger charge is 2.46. The van der Waals surface area contributed by atoms with Crippen LogP contribution in [0.3, 0.4) is 0 Å². The molecule has 0 aromatic heterocycles. The van der Waals surface area contributed by atoms with E-state index in [1.165, 1.54) is 12.0 Å². The topological polar surface area (TPSA) is 60.9 Å². The molecule has 26 heavy (non-hydrogen) atoms. The maximum atomic E-state index is 13.3. The average molecular weight is 356 g/mol. The zero-order valence-electron chi connectivity index (χ0n) is 15.4. The van der Waals surface area contributed by atoms with E-state index in [-0.39, 0.29) is 24.5 Å². The summed E-state index contributed by atoms with van der Waals surface area (Å²) in [5.41, 5.74) is 2.22. The molecule has 4 atom stereocenters. The van der Waals surface area contributed by atoms with Gasteiger partial charge in [0.05, 0.1) is 6.54 Å². The second kappa shape index (κ2) is 7.03. The van der Waals surface area contributed by atoms with Gasteiger partial charge in [-0.15, -0.1) is 0 Å². The monoisotopic (exact) mass is 356 g/mol. The number of carbonyl (C=O) groups excluding carboxylic acids is 1. The average Bonchev–Trinajstić information content (AvgIpc) is 3.00. The highest BCUT2D eigenvalue weighted by atomic mass is 16.4. The molecule has 0 radical (unpaired) electrons. The molecule has 5 nitrogen and oxygen atoms in total. The van der Waals surface area contributed by atoms with Crippen LogP contribution in [0.15, 0.2) is 24.3 Å². The van der Waals surface area contributed by atoms with Gasteiger partial charge in [-0.05, 0) is 56.6 Å². The lowest BCUT2D eigenvalue weighted by atomic mass is 9.85. The summed E-state index contributed by atoms with van der Waals surface area (Å²) in [7, 11) is 0. The van der Waals surface area contributed by atoms with E-state index in [9.17, 15) is 14.7 Å². The number of hydrogen-bond acceptors (Lipinski definition) is 3. The van der Waals surface area contributed by atoms with Gasteiger partial charge in [-0.25, -0.2) is 0 Å². The van der Waals surface area contributed by atoms with Gasteiger partial charge < -0.3 is 10.0 Å². The van der Waals surface area contributed by atoms with E-state index in [1.807, 2.05) is 28.0 Å². The molecule has 0 bridgehead atoms. The van der Waals surface area contributed by atoms with E-state index in [0.717, 1.165) is 37.8 Å². The van der Waals surface area contributed by atoms with Crippen LogP contribution >= 0.6 is 0 Å². The van der Waals surface area contributed by atoms with Gasteiger partial charge in [0, 0.05) is 17.8 Å². The van der Waals surface area contributed by atoms with Crippen LogP contribution in [0.2, 0.25) is 0 Å². The Morgan fingerprint density at radius 2 is 1.92 bits per heavy atom. The third-order valence-electron chi connectivity index (χ3n) is 6.62. The van der Waals surface area contributed by atoms with Crippen LogP contribution in [0.1, 0.15) is 51.0 Å². The Morgan fingerprint density at radius 3 is 2.73 bits per heavy atom. The fourth-order valence-corrected chi connectivity index (χ4v) is 5.32. The lowest BCUT2D eigenvalue weighted by Gasteiger charge is -2.38. The second-order valence-corrected chi connectivity index (χ2v) is 8.15. The van der Waals surface area contributed by atoms with Crippen LogP contribution < -0.4 is 4.90 Å². The number of nitrogens with zero attached hydrogens (tertiary/aromatic N) is 2. The summed E-state index contributed by atoms with van der Waals surface area (Å²) in [6.45, 7) is 2.31. The minimum Gasteiger partial charge on any atom is -0.480 e. The number of carbonyl (C=O) groups is 2. The van der Waals surface area contributed by atoms with Crippen molar-refractivity contribution < 1.29 is 14.7 Å². The molecule has 2 aliphatic heterocycles. The van der Waals surface area contributed by atoms with Crippen molar-refractivity contribution in [3.63, 3.8) is 0 Å². The molecule has 3 aliphatic rings. The summed E-state index contributed by atoms with van der Waals surface area (Å²) in [4.78, 5) is 29.0.